The number of nitrogens with one attached hydrogen (secondary N) is 1. The number of allylic oxidation sites excluding steroid dienone is 3. The zero-order valence-electron chi connectivity index (χ0n) is 22.4. The Hall–Kier alpha value is -4.07. The summed E-state index contributed by atoms with van der Waals surface area (Å²) in [5, 5.41) is 33.4. The van der Waals surface area contributed by atoms with E-state index in [0.717, 1.165) is 28.1 Å². The molecule has 0 radical (unpaired) electrons. The van der Waals surface area contributed by atoms with Crippen molar-refractivity contribution in [2.24, 2.45) is 4.99 Å². The molecule has 0 heterocycles. The fourth-order valence-electron chi connectivity index (χ4n) is 4.65. The Morgan fingerprint density at radius 2 is 1.79 bits per heavy atom. The highest BCUT2D eigenvalue weighted by Crippen LogP contribution is 2.41. The van der Waals surface area contributed by atoms with Gasteiger partial charge in [0.1, 0.15) is 11.5 Å². The zero-order valence-corrected chi connectivity index (χ0v) is 22.4. The minimum Gasteiger partial charge on any atom is -0.507 e. The van der Waals surface area contributed by atoms with Gasteiger partial charge in [-0.2, -0.15) is 0 Å². The van der Waals surface area contributed by atoms with Gasteiger partial charge in [-0.25, -0.2) is 4.79 Å². The summed E-state index contributed by atoms with van der Waals surface area (Å²) >= 11 is 0. The molecule has 0 fully saturated rings. The Kier molecular flexibility index (Phi) is 9.71. The molecule has 0 amide bonds. The maximum Gasteiger partial charge on any atom is 0.336 e. The maximum absolute atomic E-state index is 12.3. The first-order chi connectivity index (χ1) is 18.2. The molecule has 1 aliphatic carbocycles. The van der Waals surface area contributed by atoms with Gasteiger partial charge in [-0.1, -0.05) is 6.08 Å². The first kappa shape index (κ1) is 28.5. The van der Waals surface area contributed by atoms with Crippen LogP contribution in [0.5, 0.6) is 11.5 Å². The molecular weight excluding hydrogens is 484 g/mol. The second-order valence-electron chi connectivity index (χ2n) is 9.22. The number of hydrogen-bond acceptors (Lipinski definition) is 6. The molecule has 8 heteroatoms. The number of carbonyl (C=O) groups is 2. The van der Waals surface area contributed by atoms with Crippen LogP contribution in [-0.2, 0) is 4.79 Å². The van der Waals surface area contributed by atoms with Gasteiger partial charge < -0.3 is 25.4 Å². The number of nitrogens with zero attached hydrogens (tertiary/aromatic N) is 1. The van der Waals surface area contributed by atoms with E-state index in [9.17, 15) is 19.8 Å². The average molecular weight is 521 g/mol. The number of rotatable bonds is 11. The Morgan fingerprint density at radius 3 is 2.42 bits per heavy atom. The molecule has 2 aromatic carbocycles. The van der Waals surface area contributed by atoms with Gasteiger partial charge in [0.2, 0.25) is 0 Å². The van der Waals surface area contributed by atoms with Crippen molar-refractivity contribution in [1.29, 1.82) is 0 Å². The second kappa shape index (κ2) is 12.9. The van der Waals surface area contributed by atoms with E-state index in [-0.39, 0.29) is 24.3 Å². The number of hydrogen-bond donors (Lipinski definition) is 4. The standard InChI is InChI=1S/C30H36N2O6/c1-5-31-25-12-9-20(14-18(25)3)29(24-15-19(4)26(32-6-2)17-27(24)33)23-16-21(10-11-22(23)30(36)37)38-13-7-8-28(34)35/h10-11,14-17,32-33H,5-9,12-13H2,1-4H3,(H,34,35)(H,36,37)/b29-20+,31-25?. The average Bonchev–Trinajstić information content (AvgIpc) is 2.86. The van der Waals surface area contributed by atoms with Crippen LogP contribution in [0.2, 0.25) is 0 Å². The third-order valence-electron chi connectivity index (χ3n) is 6.42. The lowest BCUT2D eigenvalue weighted by Crippen LogP contribution is -2.11. The predicted molar refractivity (Wildman–Crippen MR) is 150 cm³/mol. The molecule has 2 aromatic rings. The molecule has 3 rings (SSSR count). The monoisotopic (exact) mass is 520 g/mol. The van der Waals surface area contributed by atoms with E-state index in [1.165, 1.54) is 6.07 Å². The zero-order chi connectivity index (χ0) is 27.8. The SMILES string of the molecule is CCN=C1CC/C(=C(\c2cc(C)c(NCC)cc2O)c2cc(OCCCC(=O)O)ccc2C(=O)O)C=C1C. The van der Waals surface area contributed by atoms with Crippen molar-refractivity contribution < 1.29 is 29.6 Å². The van der Waals surface area contributed by atoms with Crippen LogP contribution in [0.3, 0.4) is 0 Å². The minimum atomic E-state index is -1.10. The highest BCUT2D eigenvalue weighted by atomic mass is 16.5. The number of anilines is 1. The fraction of sp³-hybridized carbons (Fsp3) is 0.367. The largest absolute Gasteiger partial charge is 0.507 e. The summed E-state index contributed by atoms with van der Waals surface area (Å²) in [5.41, 5.74) is 6.30. The highest BCUT2D eigenvalue weighted by molar-refractivity contribution is 6.04. The third-order valence-corrected chi connectivity index (χ3v) is 6.42. The van der Waals surface area contributed by atoms with Crippen LogP contribution in [0.15, 0.2) is 52.5 Å². The van der Waals surface area contributed by atoms with Crippen molar-refractivity contribution in [3.63, 3.8) is 0 Å². The van der Waals surface area contributed by atoms with Crippen molar-refractivity contribution in [2.75, 3.05) is 25.0 Å². The molecule has 0 spiro atoms. The first-order valence-corrected chi connectivity index (χ1v) is 12.9. The number of carboxylic acid groups (broad SMARTS) is 2. The molecular formula is C30H36N2O6. The van der Waals surface area contributed by atoms with Gasteiger partial charge in [0.25, 0.3) is 0 Å². The fourth-order valence-corrected chi connectivity index (χ4v) is 4.65. The van der Waals surface area contributed by atoms with Gasteiger partial charge in [0, 0.05) is 48.1 Å². The molecule has 0 aliphatic heterocycles. The Balaban J connectivity index is 2.25. The molecule has 0 bridgehead atoms. The smallest absolute Gasteiger partial charge is 0.336 e. The number of ether oxygens (including phenoxy) is 1. The van der Waals surface area contributed by atoms with Gasteiger partial charge in [-0.15, -0.1) is 0 Å². The Bertz CT molecular complexity index is 1310. The number of aryl methyl sites for hydroxylation is 1. The minimum absolute atomic E-state index is 0.0214. The van der Waals surface area contributed by atoms with E-state index in [0.29, 0.717) is 54.8 Å². The molecule has 4 N–H and O–H groups in total. The lowest BCUT2D eigenvalue weighted by atomic mass is 9.83. The van der Waals surface area contributed by atoms with Crippen LogP contribution in [0, 0.1) is 6.92 Å². The summed E-state index contributed by atoms with van der Waals surface area (Å²) < 4.78 is 5.79. The lowest BCUT2D eigenvalue weighted by molar-refractivity contribution is -0.137. The number of aliphatic imine (C=N–C) groups is 1. The van der Waals surface area contributed by atoms with Crippen LogP contribution >= 0.6 is 0 Å². The summed E-state index contributed by atoms with van der Waals surface area (Å²) in [5.74, 6) is -1.53. The summed E-state index contributed by atoms with van der Waals surface area (Å²) in [6.07, 6.45) is 3.66. The van der Waals surface area contributed by atoms with Crippen LogP contribution in [-0.4, -0.2) is 52.7 Å². The van der Waals surface area contributed by atoms with Crippen LogP contribution < -0.4 is 10.1 Å². The summed E-state index contributed by atoms with van der Waals surface area (Å²) in [6.45, 7) is 9.46. The molecule has 8 nitrogen and oxygen atoms in total. The van der Waals surface area contributed by atoms with Crippen molar-refractivity contribution in [1.82, 2.24) is 0 Å². The van der Waals surface area contributed by atoms with Crippen LogP contribution in [0.4, 0.5) is 5.69 Å². The second-order valence-corrected chi connectivity index (χ2v) is 9.22. The first-order valence-electron chi connectivity index (χ1n) is 12.9. The molecule has 0 unspecified atom stereocenters. The Labute approximate surface area is 223 Å². The van der Waals surface area contributed by atoms with E-state index >= 15 is 0 Å². The quantitative estimate of drug-likeness (QED) is 0.264. The number of aliphatic carboxylic acids is 1. The van der Waals surface area contributed by atoms with Gasteiger partial charge in [-0.05, 0) is 93.5 Å². The third kappa shape index (κ3) is 6.82. The Morgan fingerprint density at radius 1 is 1.03 bits per heavy atom. The molecule has 0 atom stereocenters. The number of carboxylic acids is 2. The number of aromatic carboxylic acids is 1. The summed E-state index contributed by atoms with van der Waals surface area (Å²) in [4.78, 5) is 27.8. The normalized spacial score (nSPS) is 15.7. The lowest BCUT2D eigenvalue weighted by Gasteiger charge is -2.23. The molecule has 38 heavy (non-hydrogen) atoms. The van der Waals surface area contributed by atoms with Crippen LogP contribution in [0.25, 0.3) is 5.57 Å². The highest BCUT2D eigenvalue weighted by Gasteiger charge is 2.24. The molecule has 0 saturated carbocycles. The van der Waals surface area contributed by atoms with E-state index in [1.807, 2.05) is 39.8 Å². The van der Waals surface area contributed by atoms with Crippen molar-refractivity contribution >= 4 is 28.9 Å². The predicted octanol–water partition coefficient (Wildman–Crippen LogP) is 6.08. The van der Waals surface area contributed by atoms with Gasteiger partial charge >= 0.3 is 11.9 Å². The van der Waals surface area contributed by atoms with E-state index in [2.05, 4.69) is 10.3 Å². The summed E-state index contributed by atoms with van der Waals surface area (Å²) in [7, 11) is 0. The van der Waals surface area contributed by atoms with Gasteiger partial charge in [-0.3, -0.25) is 9.79 Å². The molecule has 1 aliphatic rings. The number of phenolic OH excluding ortho intramolecular Hbond substituents is 1. The summed E-state index contributed by atoms with van der Waals surface area (Å²) in [6, 6.07) is 8.28. The number of aromatic hydroxyl groups is 1. The van der Waals surface area contributed by atoms with Crippen molar-refractivity contribution in [2.45, 2.75) is 53.4 Å². The number of phenols is 1. The van der Waals surface area contributed by atoms with Crippen molar-refractivity contribution in [3.8, 4) is 11.5 Å². The molecule has 202 valence electrons. The van der Waals surface area contributed by atoms with Crippen molar-refractivity contribution in [3.05, 3.63) is 69.8 Å². The molecule has 0 aromatic heterocycles. The number of benzene rings is 2. The van der Waals surface area contributed by atoms with E-state index in [4.69, 9.17) is 9.84 Å². The topological polar surface area (TPSA) is 128 Å². The van der Waals surface area contributed by atoms with Gasteiger partial charge in [0.05, 0.1) is 12.2 Å². The molecule has 0 saturated heterocycles. The van der Waals surface area contributed by atoms with E-state index < -0.39 is 11.9 Å². The van der Waals surface area contributed by atoms with Gasteiger partial charge in [0.15, 0.2) is 0 Å². The van der Waals surface area contributed by atoms with Crippen LogP contribution in [0.1, 0.15) is 73.5 Å². The van der Waals surface area contributed by atoms with E-state index in [1.54, 1.807) is 18.2 Å². The maximum atomic E-state index is 12.3.